The highest BCUT2D eigenvalue weighted by Crippen LogP contribution is 1.98. The van der Waals surface area contributed by atoms with Crippen LogP contribution >= 0.6 is 0 Å². The molecule has 0 radical (unpaired) electrons. The molecule has 0 bridgehead atoms. The second-order valence-electron chi connectivity index (χ2n) is 3.00. The third-order valence-corrected chi connectivity index (χ3v) is 1.79. The Morgan fingerprint density at radius 3 is 2.87 bits per heavy atom. The van der Waals surface area contributed by atoms with Gasteiger partial charge in [0.2, 0.25) is 5.91 Å². The molecule has 0 aliphatic rings. The fraction of sp³-hybridized carbons (Fsp3) is 0.375. The number of carboxylic acids is 1. The molecule has 0 spiro atoms. The highest BCUT2D eigenvalue weighted by Gasteiger charge is 2.18. The number of nitrogens with zero attached hydrogens (tertiary/aromatic N) is 1. The van der Waals surface area contributed by atoms with Gasteiger partial charge < -0.3 is 15.8 Å². The summed E-state index contributed by atoms with van der Waals surface area (Å²) in [6, 6.07) is -0.860. The van der Waals surface area contributed by atoms with E-state index in [-0.39, 0.29) is 13.0 Å². The number of H-pyrrole nitrogens is 1. The first kappa shape index (κ1) is 11.2. The zero-order chi connectivity index (χ0) is 11.3. The van der Waals surface area contributed by atoms with Gasteiger partial charge in [-0.25, -0.2) is 4.98 Å². The van der Waals surface area contributed by atoms with Gasteiger partial charge in [-0.1, -0.05) is 0 Å². The Balaban J connectivity index is 2.51. The van der Waals surface area contributed by atoms with Crippen LogP contribution in [0.15, 0.2) is 12.5 Å². The minimum Gasteiger partial charge on any atom is -0.480 e. The molecule has 1 amide bonds. The van der Waals surface area contributed by atoms with Crippen molar-refractivity contribution in [3.05, 3.63) is 18.2 Å². The third-order valence-electron chi connectivity index (χ3n) is 1.79. The van der Waals surface area contributed by atoms with Crippen LogP contribution < -0.4 is 11.1 Å². The van der Waals surface area contributed by atoms with Gasteiger partial charge in [0.1, 0.15) is 6.04 Å². The van der Waals surface area contributed by atoms with Gasteiger partial charge in [-0.3, -0.25) is 14.9 Å². The average molecular weight is 212 g/mol. The summed E-state index contributed by atoms with van der Waals surface area (Å²) in [6.45, 7) is -0.165. The van der Waals surface area contributed by atoms with Gasteiger partial charge in [0.15, 0.2) is 0 Å². The van der Waals surface area contributed by atoms with Crippen LogP contribution in [0.2, 0.25) is 0 Å². The summed E-state index contributed by atoms with van der Waals surface area (Å²) in [6.07, 6.45) is 3.26. The molecule has 0 saturated carbocycles. The molecule has 0 unspecified atom stereocenters. The summed E-state index contributed by atoms with van der Waals surface area (Å²) in [5.41, 5.74) is 5.51. The molecular formula is C8H12N4O3. The van der Waals surface area contributed by atoms with Crippen LogP contribution in [-0.2, 0) is 16.0 Å². The van der Waals surface area contributed by atoms with E-state index < -0.39 is 17.9 Å². The Bertz CT molecular complexity index is 336. The highest BCUT2D eigenvalue weighted by molar-refractivity contribution is 5.78. The van der Waals surface area contributed by atoms with Gasteiger partial charge in [0.25, 0.3) is 0 Å². The molecule has 15 heavy (non-hydrogen) atoms. The van der Waals surface area contributed by atoms with Crippen molar-refractivity contribution in [2.45, 2.75) is 12.5 Å². The maximum atomic E-state index is 10.8. The molecule has 0 aliphatic carbocycles. The molecule has 1 atom stereocenters. The molecule has 1 aromatic heterocycles. The van der Waals surface area contributed by atoms with E-state index in [9.17, 15) is 9.59 Å². The zero-order valence-electron chi connectivity index (χ0n) is 7.93. The topological polar surface area (TPSA) is 121 Å². The predicted molar refractivity (Wildman–Crippen MR) is 50.9 cm³/mol. The lowest BCUT2D eigenvalue weighted by atomic mass is 10.1. The first-order chi connectivity index (χ1) is 7.09. The van der Waals surface area contributed by atoms with E-state index in [2.05, 4.69) is 15.3 Å². The van der Waals surface area contributed by atoms with E-state index in [1.807, 2.05) is 0 Å². The summed E-state index contributed by atoms with van der Waals surface area (Å²) < 4.78 is 0. The van der Waals surface area contributed by atoms with E-state index >= 15 is 0 Å². The van der Waals surface area contributed by atoms with Gasteiger partial charge >= 0.3 is 5.97 Å². The molecule has 5 N–H and O–H groups in total. The molecule has 1 aromatic rings. The van der Waals surface area contributed by atoms with Crippen molar-refractivity contribution in [1.82, 2.24) is 15.3 Å². The van der Waals surface area contributed by atoms with Crippen molar-refractivity contribution in [3.8, 4) is 0 Å². The number of hydrogen-bond donors (Lipinski definition) is 4. The minimum absolute atomic E-state index is 0.165. The van der Waals surface area contributed by atoms with E-state index in [1.54, 1.807) is 6.20 Å². The van der Waals surface area contributed by atoms with Crippen LogP contribution in [0.5, 0.6) is 0 Å². The van der Waals surface area contributed by atoms with E-state index in [1.165, 1.54) is 6.33 Å². The number of aromatic nitrogens is 2. The molecule has 0 saturated heterocycles. The number of imidazole rings is 1. The number of rotatable bonds is 6. The third kappa shape index (κ3) is 3.77. The standard InChI is InChI=1S/C8H12N4O3/c9-7(13)3-11-6(8(14)15)1-5-2-10-4-12-5/h2,4,6,11H,1,3H2,(H2,9,13)(H,10,12)(H,14,15)/t6-/m0/s1. The maximum Gasteiger partial charge on any atom is 0.321 e. The van der Waals surface area contributed by atoms with Gasteiger partial charge in [0, 0.05) is 12.6 Å². The number of nitrogens with one attached hydrogen (secondary N) is 2. The zero-order valence-corrected chi connectivity index (χ0v) is 7.93. The van der Waals surface area contributed by atoms with Gasteiger partial charge in [-0.05, 0) is 0 Å². The molecule has 7 nitrogen and oxygen atoms in total. The first-order valence-electron chi connectivity index (χ1n) is 4.31. The number of aliphatic carboxylic acids is 1. The van der Waals surface area contributed by atoms with E-state index in [0.717, 1.165) is 0 Å². The normalized spacial score (nSPS) is 12.3. The Morgan fingerprint density at radius 2 is 2.40 bits per heavy atom. The Hall–Kier alpha value is -1.89. The maximum absolute atomic E-state index is 10.8. The predicted octanol–water partition coefficient (Wildman–Crippen LogP) is -1.52. The molecule has 0 fully saturated rings. The molecule has 0 aliphatic heterocycles. The van der Waals surface area contributed by atoms with Crippen molar-refractivity contribution in [2.75, 3.05) is 6.54 Å². The summed E-state index contributed by atoms with van der Waals surface area (Å²) in [7, 11) is 0. The number of aromatic amines is 1. The summed E-state index contributed by atoms with van der Waals surface area (Å²) in [5.74, 6) is -1.64. The van der Waals surface area contributed by atoms with E-state index in [0.29, 0.717) is 5.69 Å². The van der Waals surface area contributed by atoms with Crippen LogP contribution in [0, 0.1) is 0 Å². The number of carbonyl (C=O) groups is 2. The fourth-order valence-corrected chi connectivity index (χ4v) is 1.08. The van der Waals surface area contributed by atoms with Gasteiger partial charge in [-0.15, -0.1) is 0 Å². The van der Waals surface area contributed by atoms with Crippen LogP contribution in [0.3, 0.4) is 0 Å². The molecule has 1 rings (SSSR count). The van der Waals surface area contributed by atoms with Gasteiger partial charge in [-0.2, -0.15) is 0 Å². The highest BCUT2D eigenvalue weighted by atomic mass is 16.4. The fourth-order valence-electron chi connectivity index (χ4n) is 1.08. The average Bonchev–Trinajstić information content (AvgIpc) is 2.63. The van der Waals surface area contributed by atoms with Crippen molar-refractivity contribution in [2.24, 2.45) is 5.73 Å². The molecule has 82 valence electrons. The lowest BCUT2D eigenvalue weighted by Gasteiger charge is -2.11. The van der Waals surface area contributed by atoms with Crippen molar-refractivity contribution >= 4 is 11.9 Å². The smallest absolute Gasteiger partial charge is 0.321 e. The minimum atomic E-state index is -1.04. The number of primary amides is 1. The number of nitrogens with two attached hydrogens (primary N) is 1. The monoisotopic (exact) mass is 212 g/mol. The molecule has 1 heterocycles. The second-order valence-corrected chi connectivity index (χ2v) is 3.00. The number of carbonyl (C=O) groups excluding carboxylic acids is 1. The van der Waals surface area contributed by atoms with Crippen LogP contribution in [-0.4, -0.2) is 39.5 Å². The van der Waals surface area contributed by atoms with Crippen molar-refractivity contribution < 1.29 is 14.7 Å². The largest absolute Gasteiger partial charge is 0.480 e. The lowest BCUT2D eigenvalue weighted by Crippen LogP contribution is -2.42. The Labute approximate surface area is 85.7 Å². The van der Waals surface area contributed by atoms with E-state index in [4.69, 9.17) is 10.8 Å². The Kier molecular flexibility index (Phi) is 3.81. The first-order valence-corrected chi connectivity index (χ1v) is 4.31. The van der Waals surface area contributed by atoms with Crippen LogP contribution in [0.1, 0.15) is 5.69 Å². The molecular weight excluding hydrogens is 200 g/mol. The Morgan fingerprint density at radius 1 is 1.67 bits per heavy atom. The quantitative estimate of drug-likeness (QED) is 0.456. The SMILES string of the molecule is NC(=O)CN[C@@H](Cc1c[nH]cn1)C(=O)O. The molecule has 0 aromatic carbocycles. The van der Waals surface area contributed by atoms with Crippen molar-refractivity contribution in [1.29, 1.82) is 0 Å². The summed E-state index contributed by atoms with van der Waals surface area (Å²) in [4.78, 5) is 27.9. The second kappa shape index (κ2) is 5.11. The van der Waals surface area contributed by atoms with Crippen LogP contribution in [0.4, 0.5) is 0 Å². The van der Waals surface area contributed by atoms with Gasteiger partial charge in [0.05, 0.1) is 18.6 Å². The summed E-state index contributed by atoms with van der Waals surface area (Å²) >= 11 is 0. The summed E-state index contributed by atoms with van der Waals surface area (Å²) in [5, 5.41) is 11.4. The lowest BCUT2D eigenvalue weighted by molar-refractivity contribution is -0.139. The number of amides is 1. The van der Waals surface area contributed by atoms with Crippen molar-refractivity contribution in [3.63, 3.8) is 0 Å². The number of carboxylic acid groups (broad SMARTS) is 1. The number of hydrogen-bond acceptors (Lipinski definition) is 4. The molecule has 7 heteroatoms. The van der Waals surface area contributed by atoms with Crippen LogP contribution in [0.25, 0.3) is 0 Å².